The first-order valence-electron chi connectivity index (χ1n) is 11.5. The van der Waals surface area contributed by atoms with E-state index >= 15 is 0 Å². The van der Waals surface area contributed by atoms with Crippen LogP contribution < -0.4 is 0 Å². The summed E-state index contributed by atoms with van der Waals surface area (Å²) < 4.78 is 1.93. The van der Waals surface area contributed by atoms with Crippen molar-refractivity contribution in [3.05, 3.63) is 78.3 Å². The summed E-state index contributed by atoms with van der Waals surface area (Å²) in [6.07, 6.45) is 12.8. The van der Waals surface area contributed by atoms with Crippen molar-refractivity contribution >= 4 is 12.0 Å². The zero-order chi connectivity index (χ0) is 21.8. The van der Waals surface area contributed by atoms with Crippen molar-refractivity contribution in [2.75, 3.05) is 26.2 Å². The Morgan fingerprint density at radius 3 is 2.69 bits per heavy atom. The number of benzene rings is 1. The number of hydrogen-bond donors (Lipinski definition) is 0. The molecule has 0 N–H and O–H groups in total. The summed E-state index contributed by atoms with van der Waals surface area (Å²) in [6.45, 7) is 4.72. The van der Waals surface area contributed by atoms with Gasteiger partial charge in [0.15, 0.2) is 0 Å². The normalized spacial score (nSPS) is 19.2. The molecule has 2 aliphatic heterocycles. The van der Waals surface area contributed by atoms with E-state index < -0.39 is 0 Å². The third kappa shape index (κ3) is 4.65. The van der Waals surface area contributed by atoms with E-state index in [2.05, 4.69) is 22.0 Å². The van der Waals surface area contributed by atoms with Crippen LogP contribution in [0.15, 0.2) is 67.1 Å². The predicted octanol–water partition coefficient (Wildman–Crippen LogP) is 3.70. The van der Waals surface area contributed by atoms with Crippen LogP contribution in [0.1, 0.15) is 30.4 Å². The molecule has 5 rings (SSSR count). The zero-order valence-corrected chi connectivity index (χ0v) is 18.3. The average molecular weight is 428 g/mol. The molecule has 3 aromatic rings. The average Bonchev–Trinajstić information content (AvgIpc) is 3.59. The van der Waals surface area contributed by atoms with Crippen molar-refractivity contribution in [3.8, 4) is 11.3 Å². The van der Waals surface area contributed by atoms with E-state index in [1.165, 1.54) is 31.5 Å². The van der Waals surface area contributed by atoms with Gasteiger partial charge in [0.05, 0.1) is 6.54 Å². The highest BCUT2D eigenvalue weighted by Crippen LogP contribution is 2.24. The van der Waals surface area contributed by atoms with Crippen LogP contribution in [0.5, 0.6) is 0 Å². The number of rotatable bonds is 6. The lowest BCUT2D eigenvalue weighted by molar-refractivity contribution is -0.125. The van der Waals surface area contributed by atoms with Crippen LogP contribution in [0.3, 0.4) is 0 Å². The third-order valence-corrected chi connectivity index (χ3v) is 6.45. The van der Waals surface area contributed by atoms with E-state index in [0.29, 0.717) is 12.6 Å². The number of carbonyl (C=O) groups is 1. The van der Waals surface area contributed by atoms with Gasteiger partial charge < -0.3 is 4.90 Å². The molecule has 2 aromatic heterocycles. The molecule has 1 aromatic carbocycles. The van der Waals surface area contributed by atoms with Crippen molar-refractivity contribution in [2.24, 2.45) is 0 Å². The molecule has 1 atom stereocenters. The van der Waals surface area contributed by atoms with Crippen LogP contribution in [-0.4, -0.2) is 62.7 Å². The SMILES string of the molecule is O=C(/C=C/c1cn(Cc2ccccc2)nc1-c1cccnc1)N1CCC(N2CCCC2)C1. The summed E-state index contributed by atoms with van der Waals surface area (Å²) in [7, 11) is 0. The van der Waals surface area contributed by atoms with E-state index in [1.807, 2.05) is 58.4 Å². The van der Waals surface area contributed by atoms with Gasteiger partial charge in [-0.25, -0.2) is 0 Å². The largest absolute Gasteiger partial charge is 0.338 e. The minimum absolute atomic E-state index is 0.0830. The molecule has 2 aliphatic rings. The summed E-state index contributed by atoms with van der Waals surface area (Å²) >= 11 is 0. The first kappa shape index (κ1) is 20.6. The maximum atomic E-state index is 12.9. The van der Waals surface area contributed by atoms with Crippen molar-refractivity contribution in [1.29, 1.82) is 0 Å². The van der Waals surface area contributed by atoms with Gasteiger partial charge in [-0.15, -0.1) is 0 Å². The molecule has 0 bridgehead atoms. The summed E-state index contributed by atoms with van der Waals surface area (Å²) in [5.74, 6) is 0.0830. The Kier molecular flexibility index (Phi) is 6.12. The summed E-state index contributed by atoms with van der Waals surface area (Å²) in [5.41, 5.74) is 3.90. The van der Waals surface area contributed by atoms with Gasteiger partial charge in [-0.1, -0.05) is 30.3 Å². The molecule has 0 aliphatic carbocycles. The van der Waals surface area contributed by atoms with E-state index in [-0.39, 0.29) is 5.91 Å². The van der Waals surface area contributed by atoms with Gasteiger partial charge in [0.1, 0.15) is 5.69 Å². The Morgan fingerprint density at radius 1 is 1.06 bits per heavy atom. The fourth-order valence-corrected chi connectivity index (χ4v) is 4.75. The van der Waals surface area contributed by atoms with Crippen LogP contribution in [0.4, 0.5) is 0 Å². The maximum absolute atomic E-state index is 12.9. The molecule has 6 nitrogen and oxygen atoms in total. The highest BCUT2D eigenvalue weighted by Gasteiger charge is 2.30. The monoisotopic (exact) mass is 427 g/mol. The Labute approximate surface area is 189 Å². The summed E-state index contributed by atoms with van der Waals surface area (Å²) in [6, 6.07) is 14.7. The quantitative estimate of drug-likeness (QED) is 0.563. The molecule has 2 fully saturated rings. The number of nitrogens with zero attached hydrogens (tertiary/aromatic N) is 5. The summed E-state index contributed by atoms with van der Waals surface area (Å²) in [4.78, 5) is 21.7. The fourth-order valence-electron chi connectivity index (χ4n) is 4.75. The number of pyridine rings is 1. The van der Waals surface area contributed by atoms with Gasteiger partial charge in [-0.3, -0.25) is 19.4 Å². The van der Waals surface area contributed by atoms with Gasteiger partial charge in [0.25, 0.3) is 0 Å². The van der Waals surface area contributed by atoms with Crippen molar-refractivity contribution in [2.45, 2.75) is 31.8 Å². The molecule has 164 valence electrons. The van der Waals surface area contributed by atoms with Crippen LogP contribution >= 0.6 is 0 Å². The third-order valence-electron chi connectivity index (χ3n) is 6.45. The molecule has 2 saturated heterocycles. The lowest BCUT2D eigenvalue weighted by Gasteiger charge is -2.23. The standard InChI is InChI=1S/C26H29N5O/c32-25(30-16-12-24(20-30)29-14-4-5-15-29)11-10-23-19-31(18-21-7-2-1-3-8-21)28-26(23)22-9-6-13-27-17-22/h1-3,6-11,13,17,19,24H,4-5,12,14-16,18,20H2/b11-10+. The molecular weight excluding hydrogens is 398 g/mol. The molecule has 4 heterocycles. The molecule has 1 amide bonds. The lowest BCUT2D eigenvalue weighted by atomic mass is 10.1. The van der Waals surface area contributed by atoms with Gasteiger partial charge in [-0.05, 0) is 56.1 Å². The minimum Gasteiger partial charge on any atom is -0.338 e. The predicted molar refractivity (Wildman–Crippen MR) is 126 cm³/mol. The van der Waals surface area contributed by atoms with Crippen LogP contribution in [-0.2, 0) is 11.3 Å². The van der Waals surface area contributed by atoms with Gasteiger partial charge >= 0.3 is 0 Å². The first-order chi connectivity index (χ1) is 15.8. The van der Waals surface area contributed by atoms with Crippen molar-refractivity contribution in [1.82, 2.24) is 24.6 Å². The van der Waals surface area contributed by atoms with E-state index in [1.54, 1.807) is 12.3 Å². The Bertz CT molecular complexity index is 1070. The molecular formula is C26H29N5O. The van der Waals surface area contributed by atoms with E-state index in [9.17, 15) is 4.79 Å². The topological polar surface area (TPSA) is 54.3 Å². The second-order valence-corrected chi connectivity index (χ2v) is 8.66. The highest BCUT2D eigenvalue weighted by molar-refractivity contribution is 5.93. The number of likely N-dealkylation sites (tertiary alicyclic amines) is 2. The first-order valence-corrected chi connectivity index (χ1v) is 11.5. The van der Waals surface area contributed by atoms with Crippen LogP contribution in [0.2, 0.25) is 0 Å². The summed E-state index contributed by atoms with van der Waals surface area (Å²) in [5, 5.41) is 4.81. The smallest absolute Gasteiger partial charge is 0.246 e. The van der Waals surface area contributed by atoms with E-state index in [0.717, 1.165) is 36.3 Å². The molecule has 32 heavy (non-hydrogen) atoms. The number of amides is 1. The number of hydrogen-bond acceptors (Lipinski definition) is 4. The Morgan fingerprint density at radius 2 is 1.91 bits per heavy atom. The molecule has 0 saturated carbocycles. The molecule has 0 spiro atoms. The van der Waals surface area contributed by atoms with Gasteiger partial charge in [-0.2, -0.15) is 5.10 Å². The zero-order valence-electron chi connectivity index (χ0n) is 18.3. The van der Waals surface area contributed by atoms with Crippen molar-refractivity contribution in [3.63, 3.8) is 0 Å². The fraction of sp³-hybridized carbons (Fsp3) is 0.346. The van der Waals surface area contributed by atoms with Crippen molar-refractivity contribution < 1.29 is 4.79 Å². The number of aromatic nitrogens is 3. The molecule has 6 heteroatoms. The van der Waals surface area contributed by atoms with Gasteiger partial charge in [0.2, 0.25) is 5.91 Å². The number of carbonyl (C=O) groups excluding carboxylic acids is 1. The highest BCUT2D eigenvalue weighted by atomic mass is 16.2. The van der Waals surface area contributed by atoms with Gasteiger partial charge in [0, 0.05) is 54.9 Å². The molecule has 0 radical (unpaired) electrons. The lowest BCUT2D eigenvalue weighted by Crippen LogP contribution is -2.36. The minimum atomic E-state index is 0.0830. The van der Waals surface area contributed by atoms with E-state index in [4.69, 9.17) is 5.10 Å². The second kappa shape index (κ2) is 9.49. The maximum Gasteiger partial charge on any atom is 0.246 e. The van der Waals surface area contributed by atoms with Crippen LogP contribution in [0, 0.1) is 0 Å². The molecule has 1 unspecified atom stereocenters. The Balaban J connectivity index is 1.33. The van der Waals surface area contributed by atoms with Crippen LogP contribution in [0.25, 0.3) is 17.3 Å². The second-order valence-electron chi connectivity index (χ2n) is 8.66. The Hall–Kier alpha value is -3.25.